The number of hydrogen-bond acceptors (Lipinski definition) is 7. The molecule has 0 aliphatic heterocycles. The Morgan fingerprint density at radius 1 is 1.53 bits per heavy atom. The van der Waals surface area contributed by atoms with Gasteiger partial charge in [-0.15, -0.1) is 0 Å². The van der Waals surface area contributed by atoms with E-state index in [2.05, 4.69) is 28.4 Å². The molecular formula is C11H21N5O2S. The minimum Gasteiger partial charge on any atom is -0.409 e. The zero-order valence-corrected chi connectivity index (χ0v) is 12.4. The average molecular weight is 287 g/mol. The maximum absolute atomic E-state index is 8.57. The summed E-state index contributed by atoms with van der Waals surface area (Å²) in [5, 5.41) is 12.4. The molecule has 0 bridgehead atoms. The van der Waals surface area contributed by atoms with Gasteiger partial charge in [0.15, 0.2) is 0 Å². The molecule has 0 saturated heterocycles. The molecule has 0 radical (unpaired) electrons. The highest BCUT2D eigenvalue weighted by Crippen LogP contribution is 2.21. The second kappa shape index (κ2) is 7.90. The molecule has 108 valence electrons. The maximum atomic E-state index is 8.57. The van der Waals surface area contributed by atoms with E-state index in [0.29, 0.717) is 32.0 Å². The van der Waals surface area contributed by atoms with Crippen LogP contribution >= 0.6 is 11.5 Å². The molecule has 0 aliphatic rings. The van der Waals surface area contributed by atoms with Gasteiger partial charge in [-0.2, -0.15) is 4.37 Å². The molecule has 0 aromatic carbocycles. The van der Waals surface area contributed by atoms with Crippen molar-refractivity contribution < 1.29 is 9.94 Å². The molecule has 8 heteroatoms. The van der Waals surface area contributed by atoms with Crippen LogP contribution in [-0.4, -0.2) is 47.2 Å². The van der Waals surface area contributed by atoms with E-state index < -0.39 is 0 Å². The summed E-state index contributed by atoms with van der Waals surface area (Å²) in [6.07, 6.45) is 0.469. The van der Waals surface area contributed by atoms with Crippen LogP contribution in [0.1, 0.15) is 32.0 Å². The first-order chi connectivity index (χ1) is 9.08. The van der Waals surface area contributed by atoms with Crippen molar-refractivity contribution in [3.05, 3.63) is 5.82 Å². The van der Waals surface area contributed by atoms with Crippen LogP contribution in [0.25, 0.3) is 0 Å². The molecule has 0 spiro atoms. The number of nitrogens with zero attached hydrogens (tertiary/aromatic N) is 4. The minimum absolute atomic E-state index is 0.205. The van der Waals surface area contributed by atoms with Crippen LogP contribution in [0.4, 0.5) is 5.13 Å². The fourth-order valence-electron chi connectivity index (χ4n) is 1.39. The zero-order valence-electron chi connectivity index (χ0n) is 11.5. The number of aromatic nitrogens is 2. The van der Waals surface area contributed by atoms with E-state index in [1.165, 1.54) is 11.5 Å². The molecule has 0 saturated carbocycles. The van der Waals surface area contributed by atoms with Gasteiger partial charge in [0.2, 0.25) is 5.13 Å². The molecule has 0 amide bonds. The van der Waals surface area contributed by atoms with Gasteiger partial charge in [0.25, 0.3) is 0 Å². The molecule has 0 unspecified atom stereocenters. The molecule has 0 fully saturated rings. The second-order valence-electron chi connectivity index (χ2n) is 4.41. The van der Waals surface area contributed by atoms with Crippen molar-refractivity contribution in [1.29, 1.82) is 0 Å². The number of nitrogens with two attached hydrogens (primary N) is 1. The number of rotatable bonds is 8. The van der Waals surface area contributed by atoms with Crippen molar-refractivity contribution in [2.45, 2.75) is 26.2 Å². The van der Waals surface area contributed by atoms with E-state index in [-0.39, 0.29) is 5.84 Å². The number of ether oxygens (including phenoxy) is 1. The third-order valence-corrected chi connectivity index (χ3v) is 3.34. The highest BCUT2D eigenvalue weighted by Gasteiger charge is 2.14. The predicted molar refractivity (Wildman–Crippen MR) is 76.1 cm³/mol. The molecule has 1 aromatic rings. The Morgan fingerprint density at radius 3 is 2.79 bits per heavy atom. The molecule has 3 N–H and O–H groups in total. The first-order valence-electron chi connectivity index (χ1n) is 6.12. The van der Waals surface area contributed by atoms with Crippen LogP contribution in [0.2, 0.25) is 0 Å². The summed E-state index contributed by atoms with van der Waals surface area (Å²) in [6, 6.07) is 0. The smallest absolute Gasteiger partial charge is 0.205 e. The lowest BCUT2D eigenvalue weighted by Crippen LogP contribution is -2.31. The van der Waals surface area contributed by atoms with Gasteiger partial charge in [0.1, 0.15) is 11.7 Å². The summed E-state index contributed by atoms with van der Waals surface area (Å²) in [5.41, 5.74) is 5.49. The Hall–Kier alpha value is -1.41. The van der Waals surface area contributed by atoms with Crippen LogP contribution in [0.15, 0.2) is 5.16 Å². The van der Waals surface area contributed by atoms with Gasteiger partial charge in [-0.3, -0.25) is 0 Å². The minimum atomic E-state index is 0.205. The van der Waals surface area contributed by atoms with E-state index >= 15 is 0 Å². The van der Waals surface area contributed by atoms with Gasteiger partial charge < -0.3 is 20.6 Å². The van der Waals surface area contributed by atoms with E-state index in [9.17, 15) is 0 Å². The predicted octanol–water partition coefficient (Wildman–Crippen LogP) is 1.25. The van der Waals surface area contributed by atoms with Crippen LogP contribution < -0.4 is 10.6 Å². The third-order valence-electron chi connectivity index (χ3n) is 2.55. The Morgan fingerprint density at radius 2 is 2.26 bits per heavy atom. The average Bonchev–Trinajstić information content (AvgIpc) is 2.88. The number of amidine groups is 1. The summed E-state index contributed by atoms with van der Waals surface area (Å²) in [5.74, 6) is 1.35. The Labute approximate surface area is 117 Å². The monoisotopic (exact) mass is 287 g/mol. The van der Waals surface area contributed by atoms with Crippen molar-refractivity contribution in [1.82, 2.24) is 9.36 Å². The van der Waals surface area contributed by atoms with Gasteiger partial charge in [-0.05, 0) is 0 Å². The first kappa shape index (κ1) is 15.6. The van der Waals surface area contributed by atoms with Gasteiger partial charge in [-0.1, -0.05) is 19.0 Å². The lowest BCUT2D eigenvalue weighted by Gasteiger charge is -2.20. The van der Waals surface area contributed by atoms with Crippen LogP contribution in [0.3, 0.4) is 0 Å². The van der Waals surface area contributed by atoms with Crippen molar-refractivity contribution in [2.75, 3.05) is 31.7 Å². The topological polar surface area (TPSA) is 96.9 Å². The van der Waals surface area contributed by atoms with Gasteiger partial charge >= 0.3 is 0 Å². The number of hydrogen-bond donors (Lipinski definition) is 2. The Balaban J connectivity index is 2.71. The second-order valence-corrected chi connectivity index (χ2v) is 5.14. The normalized spacial score (nSPS) is 12.1. The van der Waals surface area contributed by atoms with Crippen molar-refractivity contribution >= 4 is 22.5 Å². The standard InChI is InChI=1S/C11H21N5O2S/c1-8(2)10-13-11(19-15-10)16(6-7-18-3)5-4-9(12)14-17/h8,17H,4-7H2,1-3H3,(H2,12,14). The van der Waals surface area contributed by atoms with Crippen molar-refractivity contribution in [2.24, 2.45) is 10.9 Å². The number of oxime groups is 1. The van der Waals surface area contributed by atoms with Crippen LogP contribution in [0.5, 0.6) is 0 Å². The summed E-state index contributed by atoms with van der Waals surface area (Å²) in [6.45, 7) is 6.02. The highest BCUT2D eigenvalue weighted by molar-refractivity contribution is 7.09. The molecule has 1 rings (SSSR count). The summed E-state index contributed by atoms with van der Waals surface area (Å²) >= 11 is 1.36. The Kier molecular flexibility index (Phi) is 6.51. The molecule has 7 nitrogen and oxygen atoms in total. The zero-order chi connectivity index (χ0) is 14.3. The fourth-order valence-corrected chi connectivity index (χ4v) is 2.25. The van der Waals surface area contributed by atoms with E-state index in [1.807, 2.05) is 4.90 Å². The molecule has 19 heavy (non-hydrogen) atoms. The number of anilines is 1. The van der Waals surface area contributed by atoms with Gasteiger partial charge in [0.05, 0.1) is 6.61 Å². The van der Waals surface area contributed by atoms with Crippen LogP contribution in [0, 0.1) is 0 Å². The van der Waals surface area contributed by atoms with Crippen molar-refractivity contribution in [3.63, 3.8) is 0 Å². The molecule has 1 heterocycles. The SMILES string of the molecule is COCCN(CCC(N)=NO)c1nc(C(C)C)ns1. The van der Waals surface area contributed by atoms with Crippen molar-refractivity contribution in [3.8, 4) is 0 Å². The summed E-state index contributed by atoms with van der Waals surface area (Å²) in [7, 11) is 1.65. The lowest BCUT2D eigenvalue weighted by atomic mass is 10.2. The quantitative estimate of drug-likeness (QED) is 0.323. The lowest BCUT2D eigenvalue weighted by molar-refractivity contribution is 0.205. The van der Waals surface area contributed by atoms with E-state index in [4.69, 9.17) is 15.7 Å². The molecule has 0 aliphatic carbocycles. The highest BCUT2D eigenvalue weighted by atomic mass is 32.1. The van der Waals surface area contributed by atoms with Gasteiger partial charge in [0, 0.05) is 44.1 Å². The summed E-state index contributed by atoms with van der Waals surface area (Å²) in [4.78, 5) is 6.53. The summed E-state index contributed by atoms with van der Waals surface area (Å²) < 4.78 is 9.41. The largest absolute Gasteiger partial charge is 0.409 e. The molecule has 0 atom stereocenters. The van der Waals surface area contributed by atoms with E-state index in [0.717, 1.165) is 11.0 Å². The molecule has 1 aromatic heterocycles. The molecular weight excluding hydrogens is 266 g/mol. The maximum Gasteiger partial charge on any atom is 0.205 e. The fraction of sp³-hybridized carbons (Fsp3) is 0.727. The first-order valence-corrected chi connectivity index (χ1v) is 6.89. The van der Waals surface area contributed by atoms with Gasteiger partial charge in [-0.25, -0.2) is 4.98 Å². The van der Waals surface area contributed by atoms with Crippen LogP contribution in [-0.2, 0) is 4.74 Å². The Bertz CT molecular complexity index is 408. The van der Waals surface area contributed by atoms with E-state index in [1.54, 1.807) is 7.11 Å². The number of methoxy groups -OCH3 is 1. The third kappa shape index (κ3) is 4.99.